The summed E-state index contributed by atoms with van der Waals surface area (Å²) in [7, 11) is 0. The molecular weight excluding hydrogens is 348 g/mol. The maximum atomic E-state index is 10.2. The van der Waals surface area contributed by atoms with Crippen molar-refractivity contribution in [2.45, 2.75) is 13.8 Å². The average Bonchev–Trinajstić information content (AvgIpc) is 2.71. The molecule has 1 N–H and O–H groups in total. The molecule has 1 aliphatic heterocycles. The molecule has 2 heterocycles. The van der Waals surface area contributed by atoms with Gasteiger partial charge in [0.15, 0.2) is 5.76 Å². The van der Waals surface area contributed by atoms with E-state index in [4.69, 9.17) is 14.7 Å². The van der Waals surface area contributed by atoms with Gasteiger partial charge in [0.2, 0.25) is 0 Å². The molecule has 136 valence electrons. The first-order chi connectivity index (χ1) is 13.6. The minimum atomic E-state index is 0.200. The highest BCUT2D eigenvalue weighted by molar-refractivity contribution is 5.93. The summed E-state index contributed by atoms with van der Waals surface area (Å²) in [5.74, 6) is 1.44. The molecule has 1 aromatic heterocycles. The summed E-state index contributed by atoms with van der Waals surface area (Å²) in [6.45, 7) is 3.90. The zero-order chi connectivity index (χ0) is 19.3. The van der Waals surface area contributed by atoms with E-state index < -0.39 is 0 Å². The monoisotopic (exact) mass is 366 g/mol. The van der Waals surface area contributed by atoms with Crippen LogP contribution in [0.2, 0.25) is 0 Å². The Bertz CT molecular complexity index is 1260. The van der Waals surface area contributed by atoms with Crippen LogP contribution in [0.5, 0.6) is 11.5 Å². The van der Waals surface area contributed by atoms with Crippen LogP contribution in [0.25, 0.3) is 34.1 Å². The van der Waals surface area contributed by atoms with Crippen molar-refractivity contribution in [1.29, 1.82) is 0 Å². The standard InChI is InChI=1S/C24H18N2O2/c1-14-7-9-16(10-8-14)13-21-23-22(25-18-5-3-4-6-19(18)26-23)17-11-12-20(27)15(2)24(17)28-21/h3-13,27H,1-2H3/b21-13-. The first-order valence-corrected chi connectivity index (χ1v) is 9.16. The van der Waals surface area contributed by atoms with Crippen molar-refractivity contribution in [2.24, 2.45) is 0 Å². The van der Waals surface area contributed by atoms with Gasteiger partial charge in [-0.05, 0) is 49.8 Å². The lowest BCUT2D eigenvalue weighted by molar-refractivity contribution is 0.457. The van der Waals surface area contributed by atoms with Crippen LogP contribution >= 0.6 is 0 Å². The summed E-state index contributed by atoms with van der Waals surface area (Å²) >= 11 is 0. The zero-order valence-corrected chi connectivity index (χ0v) is 15.6. The molecule has 5 rings (SSSR count). The number of aryl methyl sites for hydroxylation is 1. The van der Waals surface area contributed by atoms with E-state index in [0.717, 1.165) is 27.9 Å². The number of aromatic hydroxyl groups is 1. The number of fused-ring (bicyclic) bond motifs is 4. The second kappa shape index (κ2) is 6.20. The molecule has 28 heavy (non-hydrogen) atoms. The fourth-order valence-electron chi connectivity index (χ4n) is 3.43. The van der Waals surface area contributed by atoms with Crippen molar-refractivity contribution < 1.29 is 9.84 Å². The van der Waals surface area contributed by atoms with Crippen molar-refractivity contribution >= 4 is 22.9 Å². The molecule has 0 amide bonds. The van der Waals surface area contributed by atoms with Crippen molar-refractivity contribution in [1.82, 2.24) is 9.97 Å². The highest BCUT2D eigenvalue weighted by atomic mass is 16.5. The van der Waals surface area contributed by atoms with E-state index in [-0.39, 0.29) is 5.75 Å². The van der Waals surface area contributed by atoms with Crippen LogP contribution in [0, 0.1) is 13.8 Å². The summed E-state index contributed by atoms with van der Waals surface area (Å²) < 4.78 is 6.25. The van der Waals surface area contributed by atoms with E-state index in [1.165, 1.54) is 5.56 Å². The second-order valence-electron chi connectivity index (χ2n) is 7.02. The van der Waals surface area contributed by atoms with Gasteiger partial charge in [0.05, 0.1) is 11.0 Å². The van der Waals surface area contributed by atoms with Gasteiger partial charge >= 0.3 is 0 Å². The lowest BCUT2D eigenvalue weighted by atomic mass is 9.99. The lowest BCUT2D eigenvalue weighted by Crippen LogP contribution is -2.10. The fourth-order valence-corrected chi connectivity index (χ4v) is 3.43. The number of benzene rings is 3. The fraction of sp³-hybridized carbons (Fsp3) is 0.0833. The van der Waals surface area contributed by atoms with Gasteiger partial charge in [-0.3, -0.25) is 0 Å². The number of aromatic nitrogens is 2. The number of nitrogens with zero attached hydrogens (tertiary/aromatic N) is 2. The molecule has 0 bridgehead atoms. The van der Waals surface area contributed by atoms with Crippen LogP contribution in [0.4, 0.5) is 0 Å². The number of hydrogen-bond acceptors (Lipinski definition) is 4. The molecule has 0 aliphatic carbocycles. The number of rotatable bonds is 1. The molecular formula is C24H18N2O2. The molecule has 4 aromatic rings. The van der Waals surface area contributed by atoms with Crippen LogP contribution in [-0.2, 0) is 0 Å². The van der Waals surface area contributed by atoms with Crippen LogP contribution < -0.4 is 4.74 Å². The lowest BCUT2D eigenvalue weighted by Gasteiger charge is -2.23. The summed E-state index contributed by atoms with van der Waals surface area (Å²) in [4.78, 5) is 9.71. The van der Waals surface area contributed by atoms with Gasteiger partial charge < -0.3 is 9.84 Å². The van der Waals surface area contributed by atoms with Crippen LogP contribution in [0.15, 0.2) is 60.7 Å². The molecule has 0 radical (unpaired) electrons. The number of phenols is 1. The highest BCUT2D eigenvalue weighted by Gasteiger charge is 2.27. The van der Waals surface area contributed by atoms with E-state index in [2.05, 4.69) is 19.1 Å². The van der Waals surface area contributed by atoms with E-state index in [0.29, 0.717) is 22.8 Å². The third-order valence-electron chi connectivity index (χ3n) is 5.02. The Labute approximate surface area is 162 Å². The van der Waals surface area contributed by atoms with Gasteiger partial charge in [0.1, 0.15) is 22.9 Å². The molecule has 0 saturated heterocycles. The number of para-hydroxylation sites is 2. The number of ether oxygens (including phenoxy) is 1. The van der Waals surface area contributed by atoms with Crippen molar-refractivity contribution in [3.05, 3.63) is 83.0 Å². The predicted octanol–water partition coefficient (Wildman–Crippen LogP) is 5.51. The molecule has 0 spiro atoms. The normalized spacial score (nSPS) is 13.9. The van der Waals surface area contributed by atoms with E-state index in [1.54, 1.807) is 6.07 Å². The Hall–Kier alpha value is -3.66. The minimum absolute atomic E-state index is 0.200. The maximum Gasteiger partial charge on any atom is 0.155 e. The van der Waals surface area contributed by atoms with Gasteiger partial charge in [-0.15, -0.1) is 0 Å². The quantitative estimate of drug-likeness (QED) is 0.483. The topological polar surface area (TPSA) is 55.2 Å². The third kappa shape index (κ3) is 2.62. The molecule has 0 atom stereocenters. The molecule has 3 aromatic carbocycles. The predicted molar refractivity (Wildman–Crippen MR) is 111 cm³/mol. The van der Waals surface area contributed by atoms with Crippen LogP contribution in [0.3, 0.4) is 0 Å². The Morgan fingerprint density at radius 3 is 2.21 bits per heavy atom. The van der Waals surface area contributed by atoms with E-state index >= 15 is 0 Å². The SMILES string of the molecule is Cc1ccc(/C=C2\Oc3c(ccc(O)c3C)-c3nc4ccccc4nc32)cc1. The molecule has 4 heteroatoms. The van der Waals surface area contributed by atoms with E-state index in [9.17, 15) is 5.11 Å². The smallest absolute Gasteiger partial charge is 0.155 e. The third-order valence-corrected chi connectivity index (χ3v) is 5.02. The van der Waals surface area contributed by atoms with Gasteiger partial charge in [-0.2, -0.15) is 0 Å². The van der Waals surface area contributed by atoms with Crippen molar-refractivity contribution in [3.8, 4) is 22.8 Å². The average molecular weight is 366 g/mol. The van der Waals surface area contributed by atoms with Crippen molar-refractivity contribution in [2.75, 3.05) is 0 Å². The first kappa shape index (κ1) is 16.5. The Morgan fingerprint density at radius 2 is 1.50 bits per heavy atom. The Balaban J connectivity index is 1.80. The summed E-state index contributed by atoms with van der Waals surface area (Å²) in [6.07, 6.45) is 1.97. The Morgan fingerprint density at radius 1 is 0.821 bits per heavy atom. The molecule has 4 nitrogen and oxygen atoms in total. The Kier molecular flexibility index (Phi) is 3.66. The summed E-state index contributed by atoms with van der Waals surface area (Å²) in [6, 6.07) is 19.5. The number of phenolic OH excluding ortho intramolecular Hbond substituents is 1. The summed E-state index contributed by atoms with van der Waals surface area (Å²) in [5.41, 5.74) is 6.86. The van der Waals surface area contributed by atoms with Gasteiger partial charge in [0, 0.05) is 11.1 Å². The molecule has 0 saturated carbocycles. The molecule has 0 fully saturated rings. The summed E-state index contributed by atoms with van der Waals surface area (Å²) in [5, 5.41) is 10.2. The van der Waals surface area contributed by atoms with Crippen molar-refractivity contribution in [3.63, 3.8) is 0 Å². The van der Waals surface area contributed by atoms with E-state index in [1.807, 2.05) is 55.5 Å². The van der Waals surface area contributed by atoms with Gasteiger partial charge in [-0.25, -0.2) is 9.97 Å². The minimum Gasteiger partial charge on any atom is -0.508 e. The second-order valence-corrected chi connectivity index (χ2v) is 7.02. The first-order valence-electron chi connectivity index (χ1n) is 9.16. The van der Waals surface area contributed by atoms with Gasteiger partial charge in [-0.1, -0.05) is 42.0 Å². The van der Waals surface area contributed by atoms with Gasteiger partial charge in [0.25, 0.3) is 0 Å². The molecule has 0 unspecified atom stereocenters. The zero-order valence-electron chi connectivity index (χ0n) is 15.6. The molecule has 1 aliphatic rings. The highest BCUT2D eigenvalue weighted by Crippen LogP contribution is 2.45. The largest absolute Gasteiger partial charge is 0.508 e. The maximum absolute atomic E-state index is 10.2. The van der Waals surface area contributed by atoms with Crippen LogP contribution in [-0.4, -0.2) is 15.1 Å². The number of hydrogen-bond donors (Lipinski definition) is 1. The van der Waals surface area contributed by atoms with Crippen LogP contribution in [0.1, 0.15) is 22.4 Å².